The van der Waals surface area contributed by atoms with Gasteiger partial charge in [0.15, 0.2) is 12.5 Å². The third-order valence-electron chi connectivity index (χ3n) is 4.72. The Morgan fingerprint density at radius 2 is 1.93 bits per heavy atom. The molecule has 27 heavy (non-hydrogen) atoms. The van der Waals surface area contributed by atoms with Crippen molar-refractivity contribution in [2.45, 2.75) is 13.5 Å². The van der Waals surface area contributed by atoms with E-state index in [-0.39, 0.29) is 5.63 Å². The molecule has 0 bridgehead atoms. The number of fused-ring (bicyclic) bond motifs is 3. The molecule has 0 atom stereocenters. The van der Waals surface area contributed by atoms with Crippen molar-refractivity contribution in [3.63, 3.8) is 0 Å². The third kappa shape index (κ3) is 2.66. The average Bonchev–Trinajstić information content (AvgIpc) is 3.14. The Morgan fingerprint density at radius 1 is 1.07 bits per heavy atom. The van der Waals surface area contributed by atoms with Crippen molar-refractivity contribution in [3.8, 4) is 16.9 Å². The zero-order valence-electron chi connectivity index (χ0n) is 14.6. The van der Waals surface area contributed by atoms with Gasteiger partial charge in [0.1, 0.15) is 17.1 Å². The Bertz CT molecular complexity index is 1190. The number of aromatic nitrogens is 1. The van der Waals surface area contributed by atoms with Gasteiger partial charge in [-0.3, -0.25) is 0 Å². The Labute approximate surface area is 154 Å². The molecular weight excluding hydrogens is 344 g/mol. The summed E-state index contributed by atoms with van der Waals surface area (Å²) < 4.78 is 16.6. The van der Waals surface area contributed by atoms with Gasteiger partial charge in [0.25, 0.3) is 0 Å². The average molecular weight is 360 g/mol. The van der Waals surface area contributed by atoms with Gasteiger partial charge in [-0.25, -0.2) is 4.79 Å². The molecule has 134 valence electrons. The van der Waals surface area contributed by atoms with Gasteiger partial charge in [-0.2, -0.15) is 0 Å². The van der Waals surface area contributed by atoms with E-state index in [0.29, 0.717) is 30.4 Å². The minimum atomic E-state index is -0.385. The highest BCUT2D eigenvalue weighted by Gasteiger charge is 2.24. The summed E-state index contributed by atoms with van der Waals surface area (Å²) in [6.07, 6.45) is 0. The van der Waals surface area contributed by atoms with Crippen LogP contribution in [0.15, 0.2) is 68.3 Å². The number of ether oxygens (including phenoxy) is 1. The van der Waals surface area contributed by atoms with Gasteiger partial charge in [-0.15, -0.1) is 0 Å². The van der Waals surface area contributed by atoms with Gasteiger partial charge >= 0.3 is 5.63 Å². The van der Waals surface area contributed by atoms with Gasteiger partial charge in [0.05, 0.1) is 12.1 Å². The predicted octanol–water partition coefficient (Wildman–Crippen LogP) is 4.11. The molecular formula is C21H16N2O4. The maximum atomic E-state index is 12.3. The maximum Gasteiger partial charge on any atom is 0.336 e. The third-order valence-corrected chi connectivity index (χ3v) is 4.72. The second kappa shape index (κ2) is 6.02. The molecule has 1 aliphatic heterocycles. The molecule has 3 heterocycles. The number of aryl methyl sites for hydroxylation is 1. The van der Waals surface area contributed by atoms with Crippen LogP contribution in [0.2, 0.25) is 0 Å². The van der Waals surface area contributed by atoms with E-state index in [0.717, 1.165) is 27.8 Å². The summed E-state index contributed by atoms with van der Waals surface area (Å²) in [5, 5.41) is 4.93. The lowest BCUT2D eigenvalue weighted by Gasteiger charge is -2.29. The van der Waals surface area contributed by atoms with Crippen molar-refractivity contribution in [2.24, 2.45) is 0 Å². The van der Waals surface area contributed by atoms with E-state index in [1.165, 1.54) is 6.07 Å². The number of hydrogen-bond acceptors (Lipinski definition) is 6. The normalized spacial score (nSPS) is 13.4. The fraction of sp³-hybridized carbons (Fsp3) is 0.143. The summed E-state index contributed by atoms with van der Waals surface area (Å²) in [6.45, 7) is 2.71. The van der Waals surface area contributed by atoms with E-state index in [9.17, 15) is 4.79 Å². The first kappa shape index (κ1) is 15.7. The molecule has 1 aliphatic rings. The second-order valence-corrected chi connectivity index (χ2v) is 6.53. The van der Waals surface area contributed by atoms with E-state index in [4.69, 9.17) is 13.7 Å². The molecule has 4 aromatic rings. The topological polar surface area (TPSA) is 68.7 Å². The first-order valence-corrected chi connectivity index (χ1v) is 8.65. The van der Waals surface area contributed by atoms with Crippen LogP contribution >= 0.6 is 0 Å². The number of anilines is 1. The molecule has 0 amide bonds. The van der Waals surface area contributed by atoms with Gasteiger partial charge in [0.2, 0.25) is 0 Å². The molecule has 0 saturated heterocycles. The summed E-state index contributed by atoms with van der Waals surface area (Å²) in [7, 11) is 0. The molecule has 0 radical (unpaired) electrons. The molecule has 5 rings (SSSR count). The van der Waals surface area contributed by atoms with Crippen molar-refractivity contribution < 1.29 is 13.7 Å². The lowest BCUT2D eigenvalue weighted by molar-refractivity contribution is 0.284. The summed E-state index contributed by atoms with van der Waals surface area (Å²) in [5.74, 6) is 2.13. The lowest BCUT2D eigenvalue weighted by atomic mass is 9.99. The zero-order chi connectivity index (χ0) is 18.4. The van der Waals surface area contributed by atoms with Crippen molar-refractivity contribution in [3.05, 3.63) is 76.3 Å². The highest BCUT2D eigenvalue weighted by Crippen LogP contribution is 2.36. The summed E-state index contributed by atoms with van der Waals surface area (Å²) in [6, 6.07) is 17.1. The SMILES string of the molecule is Cc1cc(N2COc3ccc4c(-c5ccccc5)cc(=O)oc4c3C2)no1. The smallest absolute Gasteiger partial charge is 0.336 e. The number of hydrogen-bond donors (Lipinski definition) is 0. The van der Waals surface area contributed by atoms with Crippen LogP contribution < -0.4 is 15.3 Å². The first-order valence-electron chi connectivity index (χ1n) is 8.65. The Morgan fingerprint density at radius 3 is 2.70 bits per heavy atom. The van der Waals surface area contributed by atoms with Gasteiger partial charge in [-0.1, -0.05) is 35.5 Å². The fourth-order valence-electron chi connectivity index (χ4n) is 3.44. The van der Waals surface area contributed by atoms with Crippen LogP contribution in [-0.4, -0.2) is 11.9 Å². The van der Waals surface area contributed by atoms with Crippen LogP contribution in [0.5, 0.6) is 5.75 Å². The van der Waals surface area contributed by atoms with Crippen molar-refractivity contribution >= 4 is 16.8 Å². The molecule has 2 aromatic heterocycles. The molecule has 0 saturated carbocycles. The largest absolute Gasteiger partial charge is 0.473 e. The molecule has 0 aliphatic carbocycles. The summed E-state index contributed by atoms with van der Waals surface area (Å²) in [4.78, 5) is 14.2. The molecule has 2 aromatic carbocycles. The van der Waals surface area contributed by atoms with Crippen molar-refractivity contribution in [1.82, 2.24) is 5.16 Å². The van der Waals surface area contributed by atoms with Crippen molar-refractivity contribution in [1.29, 1.82) is 0 Å². The predicted molar refractivity (Wildman–Crippen MR) is 101 cm³/mol. The lowest BCUT2D eigenvalue weighted by Crippen LogP contribution is -2.32. The van der Waals surface area contributed by atoms with Crippen LogP contribution in [-0.2, 0) is 6.54 Å². The van der Waals surface area contributed by atoms with E-state index in [1.807, 2.05) is 60.4 Å². The molecule has 0 spiro atoms. The monoisotopic (exact) mass is 360 g/mol. The standard InChI is InChI=1S/C21H16N2O4/c1-13-9-19(22-27-13)23-11-17-18(25-12-23)8-7-15-16(10-20(24)26-21(15)17)14-5-3-2-4-6-14/h2-10H,11-12H2,1H3. The van der Waals surface area contributed by atoms with E-state index < -0.39 is 0 Å². The molecule has 0 unspecified atom stereocenters. The van der Waals surface area contributed by atoms with Crippen molar-refractivity contribution in [2.75, 3.05) is 11.6 Å². The Balaban J connectivity index is 1.68. The van der Waals surface area contributed by atoms with Gasteiger partial charge in [-0.05, 0) is 30.2 Å². The van der Waals surface area contributed by atoms with E-state index in [2.05, 4.69) is 5.16 Å². The van der Waals surface area contributed by atoms with E-state index in [1.54, 1.807) is 0 Å². The molecule has 0 fully saturated rings. The quantitative estimate of drug-likeness (QED) is 0.501. The van der Waals surface area contributed by atoms with Gasteiger partial charge in [0, 0.05) is 17.5 Å². The summed E-state index contributed by atoms with van der Waals surface area (Å²) in [5.41, 5.74) is 2.80. The molecule has 6 nitrogen and oxygen atoms in total. The number of rotatable bonds is 2. The first-order chi connectivity index (χ1) is 13.2. The van der Waals surface area contributed by atoms with Crippen LogP contribution in [0.4, 0.5) is 5.82 Å². The highest BCUT2D eigenvalue weighted by atomic mass is 16.5. The minimum Gasteiger partial charge on any atom is -0.473 e. The molecule has 6 heteroatoms. The van der Waals surface area contributed by atoms with Crippen LogP contribution in [0.1, 0.15) is 11.3 Å². The maximum absolute atomic E-state index is 12.3. The van der Waals surface area contributed by atoms with Gasteiger partial charge < -0.3 is 18.6 Å². The Kier molecular flexibility index (Phi) is 3.50. The van der Waals surface area contributed by atoms with Crippen LogP contribution in [0.25, 0.3) is 22.1 Å². The minimum absolute atomic E-state index is 0.354. The van der Waals surface area contributed by atoms with Crippen LogP contribution in [0.3, 0.4) is 0 Å². The highest BCUT2D eigenvalue weighted by molar-refractivity contribution is 5.95. The summed E-state index contributed by atoms with van der Waals surface area (Å²) >= 11 is 0. The van der Waals surface area contributed by atoms with E-state index >= 15 is 0 Å². The molecule has 0 N–H and O–H groups in total. The second-order valence-electron chi connectivity index (χ2n) is 6.53. The number of benzene rings is 2. The Hall–Kier alpha value is -3.54. The fourth-order valence-corrected chi connectivity index (χ4v) is 3.44. The number of nitrogens with zero attached hydrogens (tertiary/aromatic N) is 2. The van der Waals surface area contributed by atoms with Crippen LogP contribution in [0, 0.1) is 6.92 Å². The zero-order valence-corrected chi connectivity index (χ0v) is 14.6.